The van der Waals surface area contributed by atoms with E-state index in [9.17, 15) is 61.5 Å². The number of halogens is 14. The Balaban J connectivity index is 3.95. The van der Waals surface area contributed by atoms with Crippen molar-refractivity contribution in [1.29, 1.82) is 0 Å². The van der Waals surface area contributed by atoms with Crippen molar-refractivity contribution in [3.05, 3.63) is 23.1 Å². The number of hydrogen-bond donors (Lipinski definition) is 0. The van der Waals surface area contributed by atoms with Gasteiger partial charge in [-0.2, -0.15) is 57.1 Å². The van der Waals surface area contributed by atoms with Crippen LogP contribution in [0, 0.1) is 5.41 Å². The first-order chi connectivity index (χ1) is 9.85. The van der Waals surface area contributed by atoms with Crippen molar-refractivity contribution >= 4 is 0 Å². The first-order valence-corrected chi connectivity index (χ1v) is 4.90. The van der Waals surface area contributed by atoms with E-state index in [1.54, 1.807) is 0 Å². The van der Waals surface area contributed by atoms with Gasteiger partial charge in [0, 0.05) is 5.57 Å². The highest BCUT2D eigenvalue weighted by Gasteiger charge is 2.92. The molecule has 0 bridgehead atoms. The molecule has 0 aromatic carbocycles. The van der Waals surface area contributed by atoms with Crippen LogP contribution in [0.2, 0.25) is 0 Å². The number of allylic oxidation sites excluding steroid dienone is 3. The lowest BCUT2D eigenvalue weighted by molar-refractivity contribution is -0.433. The highest BCUT2D eigenvalue weighted by atomic mass is 19.4. The van der Waals surface area contributed by atoms with Crippen molar-refractivity contribution in [2.24, 2.45) is 5.41 Å². The van der Waals surface area contributed by atoms with Crippen LogP contribution in [0.4, 0.5) is 61.5 Å². The van der Waals surface area contributed by atoms with E-state index in [0.29, 0.717) is 0 Å². The van der Waals surface area contributed by atoms with Gasteiger partial charge in [-0.15, -0.1) is 0 Å². The van der Waals surface area contributed by atoms with Gasteiger partial charge in [0.2, 0.25) is 0 Å². The SMILES string of the molecule is FC(F)=C1C(F)=C1C(C(F)(F)F)(C(F)(F)F)C(F)(F)C(F)(F)F. The van der Waals surface area contributed by atoms with Crippen molar-refractivity contribution in [3.8, 4) is 0 Å². The van der Waals surface area contributed by atoms with Gasteiger partial charge in [-0.1, -0.05) is 0 Å². The van der Waals surface area contributed by atoms with E-state index in [0.717, 1.165) is 0 Å². The largest absolute Gasteiger partial charge is 0.455 e. The third-order valence-corrected chi connectivity index (χ3v) is 2.87. The minimum Gasteiger partial charge on any atom is -0.206 e. The van der Waals surface area contributed by atoms with Crippen LogP contribution in [0.3, 0.4) is 0 Å². The summed E-state index contributed by atoms with van der Waals surface area (Å²) in [5.41, 5.74) is -13.5. The van der Waals surface area contributed by atoms with Crippen molar-refractivity contribution in [3.63, 3.8) is 0 Å². The summed E-state index contributed by atoms with van der Waals surface area (Å²) in [6.07, 6.45) is -26.1. The smallest absolute Gasteiger partial charge is 0.206 e. The van der Waals surface area contributed by atoms with E-state index in [4.69, 9.17) is 0 Å². The average Bonchev–Trinajstić information content (AvgIpc) is 2.83. The van der Waals surface area contributed by atoms with Crippen LogP contribution >= 0.6 is 0 Å². The third kappa shape index (κ3) is 2.36. The molecule has 1 aliphatic rings. The highest BCUT2D eigenvalue weighted by Crippen LogP contribution is 2.72. The van der Waals surface area contributed by atoms with Gasteiger partial charge < -0.3 is 0 Å². The Hall–Kier alpha value is -1.50. The molecular formula is C9F14. The third-order valence-electron chi connectivity index (χ3n) is 2.87. The fourth-order valence-electron chi connectivity index (χ4n) is 1.86. The minimum atomic E-state index is -7.67. The quantitative estimate of drug-likeness (QED) is 0.546. The maximum Gasteiger partial charge on any atom is 0.455 e. The summed E-state index contributed by atoms with van der Waals surface area (Å²) in [6.45, 7) is 0. The van der Waals surface area contributed by atoms with Crippen molar-refractivity contribution in [2.75, 3.05) is 0 Å². The summed E-state index contributed by atoms with van der Waals surface area (Å²) in [7, 11) is 0. The highest BCUT2D eigenvalue weighted by molar-refractivity contribution is 5.68. The predicted octanol–water partition coefficient (Wildman–Crippen LogP) is 5.68. The molecule has 0 radical (unpaired) electrons. The van der Waals surface area contributed by atoms with Gasteiger partial charge in [0.15, 0.2) is 0 Å². The van der Waals surface area contributed by atoms with Crippen LogP contribution in [-0.4, -0.2) is 24.5 Å². The first-order valence-electron chi connectivity index (χ1n) is 4.90. The molecule has 0 spiro atoms. The summed E-state index contributed by atoms with van der Waals surface area (Å²) < 4.78 is 175. The van der Waals surface area contributed by atoms with Crippen LogP contribution < -0.4 is 0 Å². The lowest BCUT2D eigenvalue weighted by Gasteiger charge is -2.41. The maximum atomic E-state index is 13.1. The summed E-state index contributed by atoms with van der Waals surface area (Å²) in [5, 5.41) is 0. The van der Waals surface area contributed by atoms with Gasteiger partial charge in [-0.05, 0) is 0 Å². The van der Waals surface area contributed by atoms with Gasteiger partial charge in [0.25, 0.3) is 11.5 Å². The molecule has 0 unspecified atom stereocenters. The molecule has 134 valence electrons. The van der Waals surface area contributed by atoms with Crippen LogP contribution in [0.5, 0.6) is 0 Å². The summed E-state index contributed by atoms with van der Waals surface area (Å²) in [4.78, 5) is 0. The Bertz CT molecular complexity index is 547. The van der Waals surface area contributed by atoms with Gasteiger partial charge >= 0.3 is 24.5 Å². The van der Waals surface area contributed by atoms with Crippen LogP contribution in [-0.2, 0) is 0 Å². The van der Waals surface area contributed by atoms with Crippen molar-refractivity contribution in [2.45, 2.75) is 24.5 Å². The minimum absolute atomic E-state index is 2.86. The average molecular weight is 374 g/mol. The second-order valence-corrected chi connectivity index (χ2v) is 4.14. The topological polar surface area (TPSA) is 0 Å². The fraction of sp³-hybridized carbons (Fsp3) is 0.556. The molecule has 0 saturated heterocycles. The predicted molar refractivity (Wildman–Crippen MR) is 42.9 cm³/mol. The van der Waals surface area contributed by atoms with E-state index in [1.165, 1.54) is 0 Å². The molecule has 0 fully saturated rings. The summed E-state index contributed by atoms with van der Waals surface area (Å²) in [5.74, 6) is -10.8. The van der Waals surface area contributed by atoms with E-state index in [2.05, 4.69) is 0 Å². The zero-order valence-electron chi connectivity index (χ0n) is 9.79. The standard InChI is InChI=1S/C9F14/c10-3-1(4(11)12)2(3)5(7(15,16)17,8(18,19)20)6(13,14)9(21,22)23. The Morgan fingerprint density at radius 1 is 0.609 bits per heavy atom. The molecule has 0 amide bonds. The molecule has 0 aromatic heterocycles. The molecule has 0 heterocycles. The molecule has 0 atom stereocenters. The lowest BCUT2D eigenvalue weighted by atomic mass is 9.75. The van der Waals surface area contributed by atoms with E-state index < -0.39 is 52.9 Å². The first kappa shape index (κ1) is 19.5. The second kappa shape index (κ2) is 4.75. The van der Waals surface area contributed by atoms with Crippen LogP contribution in [0.25, 0.3) is 0 Å². The summed E-state index contributed by atoms with van der Waals surface area (Å²) in [6, 6.07) is 0. The monoisotopic (exact) mass is 374 g/mol. The van der Waals surface area contributed by atoms with Gasteiger partial charge in [0.05, 0.1) is 5.57 Å². The Kier molecular flexibility index (Phi) is 4.04. The van der Waals surface area contributed by atoms with E-state index >= 15 is 0 Å². The molecular weight excluding hydrogens is 374 g/mol. The number of hydrogen-bond acceptors (Lipinski definition) is 0. The molecule has 0 N–H and O–H groups in total. The second-order valence-electron chi connectivity index (χ2n) is 4.14. The molecule has 0 aliphatic heterocycles. The Morgan fingerprint density at radius 2 is 0.957 bits per heavy atom. The van der Waals surface area contributed by atoms with Crippen LogP contribution in [0.15, 0.2) is 23.1 Å². The molecule has 23 heavy (non-hydrogen) atoms. The zero-order chi connectivity index (χ0) is 18.8. The Morgan fingerprint density at radius 3 is 1.13 bits per heavy atom. The molecule has 1 aliphatic carbocycles. The molecule has 0 aromatic rings. The normalized spacial score (nSPS) is 17.7. The van der Waals surface area contributed by atoms with Gasteiger partial charge in [-0.3, -0.25) is 0 Å². The number of rotatable bonds is 2. The molecule has 14 heteroatoms. The van der Waals surface area contributed by atoms with E-state index in [1.807, 2.05) is 0 Å². The van der Waals surface area contributed by atoms with Gasteiger partial charge in [0.1, 0.15) is 5.83 Å². The maximum absolute atomic E-state index is 13.1. The van der Waals surface area contributed by atoms with Crippen molar-refractivity contribution < 1.29 is 61.5 Å². The lowest BCUT2D eigenvalue weighted by Crippen LogP contribution is -2.66. The molecule has 0 nitrogen and oxygen atoms in total. The Labute approximate surface area is 116 Å². The van der Waals surface area contributed by atoms with Gasteiger partial charge in [-0.25, -0.2) is 4.39 Å². The number of alkyl halides is 11. The molecule has 1 rings (SSSR count). The fourth-order valence-corrected chi connectivity index (χ4v) is 1.86. The van der Waals surface area contributed by atoms with Crippen molar-refractivity contribution in [1.82, 2.24) is 0 Å². The molecule has 0 saturated carbocycles. The summed E-state index contributed by atoms with van der Waals surface area (Å²) >= 11 is 0. The van der Waals surface area contributed by atoms with E-state index in [-0.39, 0.29) is 0 Å². The zero-order valence-corrected chi connectivity index (χ0v) is 9.79. The van der Waals surface area contributed by atoms with Crippen LogP contribution in [0.1, 0.15) is 0 Å².